The van der Waals surface area contributed by atoms with Gasteiger partial charge in [0, 0.05) is 22.7 Å². The normalized spacial score (nSPS) is 11.8. The van der Waals surface area contributed by atoms with Crippen molar-refractivity contribution in [1.82, 2.24) is 10.2 Å². The van der Waals surface area contributed by atoms with E-state index in [2.05, 4.69) is 10.2 Å². The fourth-order valence-corrected chi connectivity index (χ4v) is 2.98. The summed E-state index contributed by atoms with van der Waals surface area (Å²) >= 11 is 5.91. The molecule has 0 radical (unpaired) electrons. The van der Waals surface area contributed by atoms with Gasteiger partial charge in [0.1, 0.15) is 6.10 Å². The van der Waals surface area contributed by atoms with Crippen LogP contribution < -0.4 is 4.74 Å². The second-order valence-electron chi connectivity index (χ2n) is 6.30. The number of halogens is 1. The molecule has 6 nitrogen and oxygen atoms in total. The van der Waals surface area contributed by atoms with Gasteiger partial charge in [-0.1, -0.05) is 35.9 Å². The van der Waals surface area contributed by atoms with E-state index < -0.39 is 0 Å². The SMILES string of the molecule is O=COC(CCCOc1ccccc1O)Cc1cc(-c2ccc(Cl)cc2)n[nH]1. The number of aromatic nitrogens is 2. The molecule has 7 heteroatoms. The maximum absolute atomic E-state index is 10.8. The lowest BCUT2D eigenvalue weighted by Crippen LogP contribution is -2.17. The lowest BCUT2D eigenvalue weighted by molar-refractivity contribution is -0.133. The first-order valence-electron chi connectivity index (χ1n) is 8.96. The second kappa shape index (κ2) is 9.80. The Labute approximate surface area is 168 Å². The Morgan fingerprint density at radius 3 is 2.71 bits per heavy atom. The van der Waals surface area contributed by atoms with Crippen LogP contribution in [0.15, 0.2) is 54.6 Å². The third kappa shape index (κ3) is 5.50. The first kappa shape index (κ1) is 19.8. The molecule has 1 atom stereocenters. The number of hydrogen-bond acceptors (Lipinski definition) is 5. The number of aromatic hydroxyl groups is 1. The number of phenolic OH excluding ortho intramolecular Hbond substituents is 1. The van der Waals surface area contributed by atoms with Gasteiger partial charge in [-0.3, -0.25) is 9.89 Å². The lowest BCUT2D eigenvalue weighted by atomic mass is 10.1. The van der Waals surface area contributed by atoms with E-state index in [4.69, 9.17) is 21.1 Å². The van der Waals surface area contributed by atoms with E-state index in [0.29, 0.717) is 43.1 Å². The Balaban J connectivity index is 1.52. The molecule has 1 aromatic heterocycles. The van der Waals surface area contributed by atoms with Gasteiger partial charge in [-0.15, -0.1) is 0 Å². The van der Waals surface area contributed by atoms with E-state index in [1.54, 1.807) is 24.3 Å². The van der Waals surface area contributed by atoms with E-state index in [-0.39, 0.29) is 11.9 Å². The van der Waals surface area contributed by atoms with Gasteiger partial charge in [0.05, 0.1) is 12.3 Å². The van der Waals surface area contributed by atoms with Crippen LogP contribution in [0.4, 0.5) is 0 Å². The molecule has 0 amide bonds. The summed E-state index contributed by atoms with van der Waals surface area (Å²) in [6.45, 7) is 0.875. The number of carbonyl (C=O) groups excluding carboxylic acids is 1. The molecule has 0 saturated heterocycles. The Kier molecular flexibility index (Phi) is 6.92. The molecular formula is C21H21ClN2O4. The average molecular weight is 401 g/mol. The molecule has 2 aromatic carbocycles. The highest BCUT2D eigenvalue weighted by atomic mass is 35.5. The third-order valence-electron chi connectivity index (χ3n) is 4.26. The van der Waals surface area contributed by atoms with Gasteiger partial charge in [-0.05, 0) is 43.2 Å². The van der Waals surface area contributed by atoms with Gasteiger partial charge in [-0.2, -0.15) is 5.10 Å². The van der Waals surface area contributed by atoms with Crippen molar-refractivity contribution in [2.24, 2.45) is 0 Å². The van der Waals surface area contributed by atoms with Crippen LogP contribution in [0.1, 0.15) is 18.5 Å². The van der Waals surface area contributed by atoms with Gasteiger partial charge in [0.15, 0.2) is 11.5 Å². The summed E-state index contributed by atoms with van der Waals surface area (Å²) in [6, 6.07) is 16.2. The van der Waals surface area contributed by atoms with Crippen molar-refractivity contribution in [3.05, 3.63) is 65.3 Å². The van der Waals surface area contributed by atoms with Gasteiger partial charge >= 0.3 is 0 Å². The highest BCUT2D eigenvalue weighted by Crippen LogP contribution is 2.25. The minimum atomic E-state index is -0.288. The number of nitrogens with zero attached hydrogens (tertiary/aromatic N) is 1. The first-order valence-corrected chi connectivity index (χ1v) is 9.33. The molecule has 1 heterocycles. The van der Waals surface area contributed by atoms with Crippen LogP contribution >= 0.6 is 11.6 Å². The minimum absolute atomic E-state index is 0.107. The van der Waals surface area contributed by atoms with E-state index in [0.717, 1.165) is 17.0 Å². The van der Waals surface area contributed by atoms with Crippen molar-refractivity contribution in [1.29, 1.82) is 0 Å². The highest BCUT2D eigenvalue weighted by Gasteiger charge is 2.14. The number of benzene rings is 2. The Hall–Kier alpha value is -2.99. The zero-order valence-corrected chi connectivity index (χ0v) is 15.9. The molecule has 0 bridgehead atoms. The zero-order chi connectivity index (χ0) is 19.8. The molecule has 1 unspecified atom stereocenters. The van der Waals surface area contributed by atoms with Crippen LogP contribution in [0.25, 0.3) is 11.3 Å². The number of phenols is 1. The van der Waals surface area contributed by atoms with Crippen LogP contribution in [-0.2, 0) is 16.0 Å². The predicted molar refractivity (Wildman–Crippen MR) is 107 cm³/mol. The summed E-state index contributed by atoms with van der Waals surface area (Å²) in [5.41, 5.74) is 2.63. The van der Waals surface area contributed by atoms with Crippen LogP contribution in [0.3, 0.4) is 0 Å². The summed E-state index contributed by atoms with van der Waals surface area (Å²) < 4.78 is 10.8. The van der Waals surface area contributed by atoms with Gasteiger partial charge < -0.3 is 14.6 Å². The molecule has 0 aliphatic carbocycles. The number of rotatable bonds is 10. The van der Waals surface area contributed by atoms with Crippen LogP contribution in [-0.4, -0.2) is 34.5 Å². The third-order valence-corrected chi connectivity index (χ3v) is 4.51. The van der Waals surface area contributed by atoms with Crippen molar-refractivity contribution in [2.75, 3.05) is 6.61 Å². The monoisotopic (exact) mass is 400 g/mol. The van der Waals surface area contributed by atoms with E-state index in [1.807, 2.05) is 30.3 Å². The van der Waals surface area contributed by atoms with E-state index in [1.165, 1.54) is 0 Å². The molecule has 0 spiro atoms. The topological polar surface area (TPSA) is 84.4 Å². The van der Waals surface area contributed by atoms with Crippen molar-refractivity contribution in [3.63, 3.8) is 0 Å². The number of para-hydroxylation sites is 2. The van der Waals surface area contributed by atoms with E-state index in [9.17, 15) is 9.90 Å². The summed E-state index contributed by atoms with van der Waals surface area (Å²) in [4.78, 5) is 10.8. The number of nitrogens with one attached hydrogen (secondary N) is 1. The molecule has 28 heavy (non-hydrogen) atoms. The number of carbonyl (C=O) groups is 1. The number of hydrogen-bond donors (Lipinski definition) is 2. The number of ether oxygens (including phenoxy) is 2. The molecule has 3 rings (SSSR count). The lowest BCUT2D eigenvalue weighted by Gasteiger charge is -2.14. The zero-order valence-electron chi connectivity index (χ0n) is 15.2. The minimum Gasteiger partial charge on any atom is -0.504 e. The van der Waals surface area contributed by atoms with Gasteiger partial charge in [-0.25, -0.2) is 0 Å². The molecule has 0 saturated carbocycles. The van der Waals surface area contributed by atoms with E-state index >= 15 is 0 Å². The predicted octanol–water partition coefficient (Wildman–Crippen LogP) is 4.38. The summed E-state index contributed by atoms with van der Waals surface area (Å²) in [5.74, 6) is 0.548. The van der Waals surface area contributed by atoms with Gasteiger partial charge in [0.2, 0.25) is 0 Å². The van der Waals surface area contributed by atoms with Crippen LogP contribution in [0.2, 0.25) is 5.02 Å². The molecule has 2 N–H and O–H groups in total. The average Bonchev–Trinajstić information content (AvgIpc) is 3.15. The van der Waals surface area contributed by atoms with Gasteiger partial charge in [0.25, 0.3) is 6.47 Å². The second-order valence-corrected chi connectivity index (χ2v) is 6.74. The number of H-pyrrole nitrogens is 1. The van der Waals surface area contributed by atoms with Crippen molar-refractivity contribution >= 4 is 18.1 Å². The van der Waals surface area contributed by atoms with Crippen LogP contribution in [0.5, 0.6) is 11.5 Å². The fourth-order valence-electron chi connectivity index (χ4n) is 2.85. The Bertz CT molecular complexity index is 895. The van der Waals surface area contributed by atoms with Crippen molar-refractivity contribution in [2.45, 2.75) is 25.4 Å². The molecule has 0 aliphatic rings. The summed E-state index contributed by atoms with van der Waals surface area (Å²) in [6.07, 6.45) is 1.53. The van der Waals surface area contributed by atoms with Crippen molar-refractivity contribution < 1.29 is 19.4 Å². The molecule has 0 fully saturated rings. The fraction of sp³-hybridized carbons (Fsp3) is 0.238. The first-order chi connectivity index (χ1) is 13.7. The Morgan fingerprint density at radius 1 is 1.18 bits per heavy atom. The smallest absolute Gasteiger partial charge is 0.293 e. The standard InChI is InChI=1S/C21H21ClN2O4/c22-16-9-7-15(8-10-16)19-13-17(23-24-19)12-18(28-14-25)4-3-11-27-21-6-2-1-5-20(21)26/h1-2,5-10,13-14,18,26H,3-4,11-12H2,(H,23,24). The maximum atomic E-state index is 10.8. The Morgan fingerprint density at radius 2 is 1.96 bits per heavy atom. The maximum Gasteiger partial charge on any atom is 0.293 e. The molecular weight excluding hydrogens is 380 g/mol. The van der Waals surface area contributed by atoms with Crippen molar-refractivity contribution in [3.8, 4) is 22.8 Å². The number of aromatic amines is 1. The molecule has 3 aromatic rings. The summed E-state index contributed by atoms with van der Waals surface area (Å²) in [7, 11) is 0. The largest absolute Gasteiger partial charge is 0.504 e. The quantitative estimate of drug-likeness (QED) is 0.389. The van der Waals surface area contributed by atoms with Crippen LogP contribution in [0, 0.1) is 0 Å². The summed E-state index contributed by atoms with van der Waals surface area (Å²) in [5, 5.41) is 17.7. The molecule has 146 valence electrons. The molecule has 0 aliphatic heterocycles. The highest BCUT2D eigenvalue weighted by molar-refractivity contribution is 6.30.